The normalized spacial score (nSPS) is 13.7. The van der Waals surface area contributed by atoms with Crippen LogP contribution in [-0.2, 0) is 25.6 Å². The molecule has 2 unspecified atom stereocenters. The second kappa shape index (κ2) is 10.9. The molecule has 2 atom stereocenters. The van der Waals surface area contributed by atoms with Crippen LogP contribution >= 0.6 is 0 Å². The number of fused-ring (bicyclic) bond motifs is 1. The lowest BCUT2D eigenvalue weighted by atomic mass is 9.82. The van der Waals surface area contributed by atoms with E-state index in [1.54, 1.807) is 57.3 Å². The summed E-state index contributed by atoms with van der Waals surface area (Å²) in [5.74, 6) is -1.86. The van der Waals surface area contributed by atoms with Gasteiger partial charge in [-0.05, 0) is 37.6 Å². The molecule has 0 fully saturated rings. The summed E-state index contributed by atoms with van der Waals surface area (Å²) in [6.07, 6.45) is 1.65. The number of esters is 1. The number of benzene rings is 2. The maximum absolute atomic E-state index is 12.7. The molecule has 3 rings (SSSR count). The van der Waals surface area contributed by atoms with Gasteiger partial charge in [-0.15, -0.1) is 0 Å². The Morgan fingerprint density at radius 1 is 1.09 bits per heavy atom. The van der Waals surface area contributed by atoms with Gasteiger partial charge in [0, 0.05) is 17.9 Å². The first-order valence-electron chi connectivity index (χ1n) is 11.1. The van der Waals surface area contributed by atoms with E-state index in [1.165, 1.54) is 4.68 Å². The quantitative estimate of drug-likeness (QED) is 0.339. The van der Waals surface area contributed by atoms with E-state index in [2.05, 4.69) is 5.10 Å². The van der Waals surface area contributed by atoms with Gasteiger partial charge in [-0.2, -0.15) is 5.10 Å². The minimum absolute atomic E-state index is 0.0928. The van der Waals surface area contributed by atoms with Gasteiger partial charge in [0.05, 0.1) is 24.7 Å². The molecule has 9 nitrogen and oxygen atoms in total. The number of ether oxygens (including phenoxy) is 3. The minimum Gasteiger partial charge on any atom is -0.492 e. The Hall–Kier alpha value is -3.72. The number of hydrogen-bond acceptors (Lipinski definition) is 7. The van der Waals surface area contributed by atoms with Crippen LogP contribution in [0.1, 0.15) is 32.3 Å². The standard InChI is InChI=1S/C25H29N3O6/c1-4-32-24(31)25(23(26)30,34-5-2)17(3)18-10-12-20(13-11-18)33-15-14-28-22(29)21-9-7-6-8-19(21)16-27-28/h6-13,16-17H,4-5,14-15H2,1-3H3,(H2,26,30). The molecule has 2 N–H and O–H groups in total. The lowest BCUT2D eigenvalue weighted by molar-refractivity contribution is -0.179. The van der Waals surface area contributed by atoms with E-state index in [4.69, 9.17) is 19.9 Å². The van der Waals surface area contributed by atoms with Crippen LogP contribution in [-0.4, -0.2) is 47.1 Å². The summed E-state index contributed by atoms with van der Waals surface area (Å²) in [5.41, 5.74) is 4.14. The highest BCUT2D eigenvalue weighted by Gasteiger charge is 2.52. The molecule has 0 aliphatic heterocycles. The number of amides is 1. The van der Waals surface area contributed by atoms with Crippen LogP contribution in [0, 0.1) is 0 Å². The van der Waals surface area contributed by atoms with Crippen LogP contribution in [0.4, 0.5) is 0 Å². The van der Waals surface area contributed by atoms with Crippen molar-refractivity contribution in [3.05, 3.63) is 70.6 Å². The van der Waals surface area contributed by atoms with E-state index in [0.29, 0.717) is 16.7 Å². The summed E-state index contributed by atoms with van der Waals surface area (Å²) >= 11 is 0. The molecule has 1 heterocycles. The van der Waals surface area contributed by atoms with Gasteiger partial charge in [-0.3, -0.25) is 9.59 Å². The third kappa shape index (κ3) is 4.94. The van der Waals surface area contributed by atoms with E-state index < -0.39 is 23.4 Å². The molecule has 0 aliphatic rings. The summed E-state index contributed by atoms with van der Waals surface area (Å²) in [7, 11) is 0. The van der Waals surface area contributed by atoms with Crippen molar-refractivity contribution < 1.29 is 23.8 Å². The average molecular weight is 468 g/mol. The number of hydrogen-bond donors (Lipinski definition) is 1. The average Bonchev–Trinajstić information content (AvgIpc) is 2.84. The Labute approximate surface area is 197 Å². The number of nitrogens with zero attached hydrogens (tertiary/aromatic N) is 2. The first-order valence-corrected chi connectivity index (χ1v) is 11.1. The van der Waals surface area contributed by atoms with Gasteiger partial charge in [0.2, 0.25) is 5.60 Å². The predicted octanol–water partition coefficient (Wildman–Crippen LogP) is 2.40. The first kappa shape index (κ1) is 24.9. The van der Waals surface area contributed by atoms with Crippen molar-refractivity contribution >= 4 is 22.6 Å². The molecule has 0 bridgehead atoms. The molecule has 1 aromatic heterocycles. The van der Waals surface area contributed by atoms with Crippen LogP contribution in [0.3, 0.4) is 0 Å². The molecule has 0 saturated carbocycles. The van der Waals surface area contributed by atoms with E-state index >= 15 is 0 Å². The third-order valence-corrected chi connectivity index (χ3v) is 5.64. The fraction of sp³-hybridized carbons (Fsp3) is 0.360. The molecule has 0 saturated heterocycles. The Morgan fingerprint density at radius 2 is 1.79 bits per heavy atom. The van der Waals surface area contributed by atoms with Gasteiger partial charge >= 0.3 is 5.97 Å². The van der Waals surface area contributed by atoms with Gasteiger partial charge in [0.1, 0.15) is 12.4 Å². The first-order chi connectivity index (χ1) is 16.3. The topological polar surface area (TPSA) is 123 Å². The summed E-state index contributed by atoms with van der Waals surface area (Å²) in [6, 6.07) is 14.2. The van der Waals surface area contributed by atoms with Crippen molar-refractivity contribution in [2.24, 2.45) is 5.73 Å². The second-order valence-corrected chi connectivity index (χ2v) is 7.65. The number of rotatable bonds is 11. The fourth-order valence-electron chi connectivity index (χ4n) is 3.84. The Bertz CT molecular complexity index is 1210. The van der Waals surface area contributed by atoms with Crippen LogP contribution < -0.4 is 16.0 Å². The fourth-order valence-corrected chi connectivity index (χ4v) is 3.84. The number of nitrogens with two attached hydrogens (primary N) is 1. The van der Waals surface area contributed by atoms with Crippen molar-refractivity contribution in [2.45, 2.75) is 38.8 Å². The molecule has 2 aromatic carbocycles. The highest BCUT2D eigenvalue weighted by atomic mass is 16.6. The Morgan fingerprint density at radius 3 is 2.44 bits per heavy atom. The monoisotopic (exact) mass is 467 g/mol. The van der Waals surface area contributed by atoms with Crippen molar-refractivity contribution in [1.29, 1.82) is 0 Å². The zero-order valence-electron chi connectivity index (χ0n) is 19.5. The Kier molecular flexibility index (Phi) is 8.01. The van der Waals surface area contributed by atoms with Crippen molar-refractivity contribution in [3.63, 3.8) is 0 Å². The molecule has 3 aromatic rings. The van der Waals surface area contributed by atoms with Crippen LogP contribution in [0.25, 0.3) is 10.8 Å². The third-order valence-electron chi connectivity index (χ3n) is 5.64. The van der Waals surface area contributed by atoms with E-state index in [1.807, 2.05) is 18.2 Å². The van der Waals surface area contributed by atoms with E-state index in [-0.39, 0.29) is 31.9 Å². The zero-order valence-corrected chi connectivity index (χ0v) is 19.5. The largest absolute Gasteiger partial charge is 0.492 e. The summed E-state index contributed by atoms with van der Waals surface area (Å²) in [6.45, 7) is 5.72. The maximum atomic E-state index is 12.7. The number of primary amides is 1. The predicted molar refractivity (Wildman–Crippen MR) is 127 cm³/mol. The van der Waals surface area contributed by atoms with Gasteiger partial charge in [0.25, 0.3) is 11.5 Å². The number of carbonyl (C=O) groups excluding carboxylic acids is 2. The van der Waals surface area contributed by atoms with Crippen molar-refractivity contribution in [3.8, 4) is 5.75 Å². The lowest BCUT2D eigenvalue weighted by Gasteiger charge is -2.33. The summed E-state index contributed by atoms with van der Waals surface area (Å²) in [5, 5.41) is 5.58. The van der Waals surface area contributed by atoms with Gasteiger partial charge in [0.15, 0.2) is 0 Å². The van der Waals surface area contributed by atoms with E-state index in [9.17, 15) is 14.4 Å². The van der Waals surface area contributed by atoms with Crippen LogP contribution in [0.5, 0.6) is 5.75 Å². The molecule has 0 spiro atoms. The molecule has 0 radical (unpaired) electrons. The summed E-state index contributed by atoms with van der Waals surface area (Å²) < 4.78 is 17.8. The minimum atomic E-state index is -1.93. The lowest BCUT2D eigenvalue weighted by Crippen LogP contribution is -2.57. The summed E-state index contributed by atoms with van der Waals surface area (Å²) in [4.78, 5) is 37.5. The SMILES string of the molecule is CCOC(=O)C(OCC)(C(N)=O)C(C)c1ccc(OCCn2ncc3ccccc3c2=O)cc1. The van der Waals surface area contributed by atoms with Crippen LogP contribution in [0.15, 0.2) is 59.5 Å². The Balaban J connectivity index is 1.71. The maximum Gasteiger partial charge on any atom is 0.349 e. The molecule has 34 heavy (non-hydrogen) atoms. The van der Waals surface area contributed by atoms with Crippen molar-refractivity contribution in [1.82, 2.24) is 9.78 Å². The molecule has 0 aliphatic carbocycles. The highest BCUT2D eigenvalue weighted by Crippen LogP contribution is 2.34. The molecule has 1 amide bonds. The second-order valence-electron chi connectivity index (χ2n) is 7.65. The van der Waals surface area contributed by atoms with Gasteiger partial charge in [-0.1, -0.05) is 37.3 Å². The van der Waals surface area contributed by atoms with Gasteiger partial charge < -0.3 is 19.9 Å². The number of carbonyl (C=O) groups is 2. The molecule has 9 heteroatoms. The van der Waals surface area contributed by atoms with Crippen molar-refractivity contribution in [2.75, 3.05) is 19.8 Å². The van der Waals surface area contributed by atoms with E-state index in [0.717, 1.165) is 5.39 Å². The molecular formula is C25H29N3O6. The zero-order chi connectivity index (χ0) is 24.7. The van der Waals surface area contributed by atoms with Gasteiger partial charge in [-0.25, -0.2) is 9.48 Å². The highest BCUT2D eigenvalue weighted by molar-refractivity contribution is 6.06. The van der Waals surface area contributed by atoms with Crippen LogP contribution in [0.2, 0.25) is 0 Å². The smallest absolute Gasteiger partial charge is 0.349 e. The molecular weight excluding hydrogens is 438 g/mol. The number of aromatic nitrogens is 2. The molecule has 180 valence electrons.